The van der Waals surface area contributed by atoms with Crippen LogP contribution >= 0.6 is 35.3 Å². The van der Waals surface area contributed by atoms with Crippen LogP contribution in [0.25, 0.3) is 0 Å². The van der Waals surface area contributed by atoms with E-state index < -0.39 is 0 Å². The molecule has 1 saturated heterocycles. The zero-order valence-electron chi connectivity index (χ0n) is 17.4. The predicted molar refractivity (Wildman–Crippen MR) is 135 cm³/mol. The molecule has 2 heterocycles. The lowest BCUT2D eigenvalue weighted by atomic mass is 10.0. The lowest BCUT2D eigenvalue weighted by Gasteiger charge is -2.33. The highest BCUT2D eigenvalue weighted by Gasteiger charge is 2.40. The maximum Gasteiger partial charge on any atom is 0.191 e. The number of rotatable bonds is 6. The minimum atomic E-state index is 0. The van der Waals surface area contributed by atoms with E-state index in [2.05, 4.69) is 70.5 Å². The van der Waals surface area contributed by atoms with Gasteiger partial charge in [0.05, 0.1) is 0 Å². The molecule has 0 spiro atoms. The van der Waals surface area contributed by atoms with Gasteiger partial charge in [0.2, 0.25) is 0 Å². The topological polar surface area (TPSA) is 39.7 Å². The van der Waals surface area contributed by atoms with E-state index >= 15 is 0 Å². The van der Waals surface area contributed by atoms with Crippen molar-refractivity contribution in [3.05, 3.63) is 57.8 Å². The minimum Gasteiger partial charge on any atom is -0.354 e. The number of nitrogens with one attached hydrogen (secondary N) is 2. The lowest BCUT2D eigenvalue weighted by Crippen LogP contribution is -2.49. The van der Waals surface area contributed by atoms with Crippen LogP contribution in [0.3, 0.4) is 0 Å². The molecule has 4 rings (SSSR count). The number of benzene rings is 1. The van der Waals surface area contributed by atoms with Crippen molar-refractivity contribution in [2.24, 2.45) is 4.99 Å². The van der Waals surface area contributed by atoms with Crippen molar-refractivity contribution in [3.8, 4) is 0 Å². The van der Waals surface area contributed by atoms with Gasteiger partial charge in [-0.1, -0.05) is 24.3 Å². The third-order valence-corrected chi connectivity index (χ3v) is 6.66. The summed E-state index contributed by atoms with van der Waals surface area (Å²) >= 11 is 1.79. The quantitative estimate of drug-likeness (QED) is 0.326. The highest BCUT2D eigenvalue weighted by Crippen LogP contribution is 2.42. The summed E-state index contributed by atoms with van der Waals surface area (Å²) < 4.78 is 0. The number of hydrogen-bond donors (Lipinski definition) is 2. The van der Waals surface area contributed by atoms with E-state index in [9.17, 15) is 0 Å². The first-order chi connectivity index (χ1) is 13.7. The van der Waals surface area contributed by atoms with Gasteiger partial charge in [-0.15, -0.1) is 24.0 Å². The Morgan fingerprint density at radius 3 is 2.66 bits per heavy atom. The van der Waals surface area contributed by atoms with E-state index in [4.69, 9.17) is 4.99 Å². The van der Waals surface area contributed by atoms with Crippen LogP contribution in [0.15, 0.2) is 46.1 Å². The Hall–Kier alpha value is -1.12. The Labute approximate surface area is 196 Å². The molecule has 1 aliphatic carbocycles. The second-order valence-electron chi connectivity index (χ2n) is 8.10. The molecule has 0 radical (unpaired) electrons. The summed E-state index contributed by atoms with van der Waals surface area (Å²) in [7, 11) is 0. The van der Waals surface area contributed by atoms with Gasteiger partial charge >= 0.3 is 0 Å². The van der Waals surface area contributed by atoms with Crippen molar-refractivity contribution in [3.63, 3.8) is 0 Å². The van der Waals surface area contributed by atoms with Crippen LogP contribution < -0.4 is 10.6 Å². The van der Waals surface area contributed by atoms with Crippen LogP contribution in [-0.4, -0.2) is 42.6 Å². The smallest absolute Gasteiger partial charge is 0.191 e. The standard InChI is InChI=1S/C23H32N4S.HI/c1-3-24-23(26-22-14-21(22)20-7-5-4-6-17(20)2)25-19-8-11-27(12-9-19)15-18-10-13-28-16-18;/h4-7,10,13,16,19,21-22H,3,8-9,11-12,14-15H2,1-2H3,(H2,24,25,26);1H. The van der Waals surface area contributed by atoms with E-state index in [0.717, 1.165) is 32.1 Å². The van der Waals surface area contributed by atoms with Crippen molar-refractivity contribution in [2.45, 2.75) is 57.7 Å². The molecule has 2 fully saturated rings. The van der Waals surface area contributed by atoms with Gasteiger partial charge < -0.3 is 10.6 Å². The van der Waals surface area contributed by atoms with Gasteiger partial charge in [-0.3, -0.25) is 9.89 Å². The van der Waals surface area contributed by atoms with Crippen LogP contribution in [0.5, 0.6) is 0 Å². The minimum absolute atomic E-state index is 0. The second-order valence-corrected chi connectivity index (χ2v) is 8.88. The first kappa shape index (κ1) is 22.6. The van der Waals surface area contributed by atoms with E-state index in [1.54, 1.807) is 11.3 Å². The van der Waals surface area contributed by atoms with Crippen molar-refractivity contribution >= 4 is 41.3 Å². The predicted octanol–water partition coefficient (Wildman–Crippen LogP) is 4.75. The number of piperidine rings is 1. The molecule has 2 unspecified atom stereocenters. The van der Waals surface area contributed by atoms with Crippen LogP contribution in [0.2, 0.25) is 0 Å². The first-order valence-corrected chi connectivity index (χ1v) is 11.5. The van der Waals surface area contributed by atoms with Gasteiger partial charge in [-0.25, -0.2) is 0 Å². The highest BCUT2D eigenvalue weighted by atomic mass is 127. The van der Waals surface area contributed by atoms with E-state index in [1.807, 2.05) is 0 Å². The number of guanidine groups is 1. The van der Waals surface area contributed by atoms with Crippen molar-refractivity contribution in [1.82, 2.24) is 15.5 Å². The molecule has 1 saturated carbocycles. The highest BCUT2D eigenvalue weighted by molar-refractivity contribution is 14.0. The van der Waals surface area contributed by atoms with Gasteiger partial charge in [-0.05, 0) is 66.6 Å². The SMILES string of the molecule is CCN=C(NC1CCN(Cc2ccsc2)CC1)NC1CC1c1ccccc1C.I. The van der Waals surface area contributed by atoms with Crippen LogP contribution in [-0.2, 0) is 6.54 Å². The zero-order valence-corrected chi connectivity index (χ0v) is 20.6. The van der Waals surface area contributed by atoms with E-state index in [0.29, 0.717) is 18.0 Å². The normalized spacial score (nSPS) is 22.8. The average molecular weight is 525 g/mol. The molecule has 1 aromatic carbocycles. The first-order valence-electron chi connectivity index (χ1n) is 10.6. The summed E-state index contributed by atoms with van der Waals surface area (Å²) in [6.07, 6.45) is 3.56. The molecule has 6 heteroatoms. The summed E-state index contributed by atoms with van der Waals surface area (Å²) in [5.74, 6) is 1.62. The Morgan fingerprint density at radius 1 is 1.17 bits per heavy atom. The van der Waals surface area contributed by atoms with Crippen LogP contribution in [0.4, 0.5) is 0 Å². The summed E-state index contributed by atoms with van der Waals surface area (Å²) in [6.45, 7) is 8.54. The largest absolute Gasteiger partial charge is 0.354 e. The molecule has 29 heavy (non-hydrogen) atoms. The maximum absolute atomic E-state index is 4.71. The monoisotopic (exact) mass is 524 g/mol. The maximum atomic E-state index is 4.71. The van der Waals surface area contributed by atoms with Crippen molar-refractivity contribution < 1.29 is 0 Å². The van der Waals surface area contributed by atoms with Gasteiger partial charge in [-0.2, -0.15) is 11.3 Å². The number of thiophene rings is 1. The molecule has 0 amide bonds. The fraction of sp³-hybridized carbons (Fsp3) is 0.522. The van der Waals surface area contributed by atoms with Gasteiger partial charge in [0, 0.05) is 44.2 Å². The Bertz CT molecular complexity index is 784. The number of aryl methyl sites for hydroxylation is 1. The molecular formula is C23H33IN4S. The molecule has 1 aromatic heterocycles. The average Bonchev–Trinajstić information content (AvgIpc) is 3.25. The third-order valence-electron chi connectivity index (χ3n) is 5.93. The second kappa shape index (κ2) is 10.8. The lowest BCUT2D eigenvalue weighted by molar-refractivity contribution is 0.198. The van der Waals surface area contributed by atoms with Crippen LogP contribution in [0.1, 0.15) is 48.8 Å². The van der Waals surface area contributed by atoms with Crippen molar-refractivity contribution in [1.29, 1.82) is 0 Å². The number of halogens is 1. The molecular weight excluding hydrogens is 491 g/mol. The zero-order chi connectivity index (χ0) is 19.3. The van der Waals surface area contributed by atoms with Crippen LogP contribution in [0, 0.1) is 6.92 Å². The number of nitrogens with zero attached hydrogens (tertiary/aromatic N) is 2. The van der Waals surface area contributed by atoms with Crippen molar-refractivity contribution in [2.75, 3.05) is 19.6 Å². The number of aliphatic imine (C=N–C) groups is 1. The molecule has 2 atom stereocenters. The Kier molecular flexibility index (Phi) is 8.38. The molecule has 2 aromatic rings. The van der Waals surface area contributed by atoms with E-state index in [-0.39, 0.29) is 24.0 Å². The Morgan fingerprint density at radius 2 is 1.97 bits per heavy atom. The molecule has 2 N–H and O–H groups in total. The fourth-order valence-electron chi connectivity index (χ4n) is 4.24. The molecule has 2 aliphatic rings. The molecule has 1 aliphatic heterocycles. The number of hydrogen-bond acceptors (Lipinski definition) is 3. The summed E-state index contributed by atoms with van der Waals surface area (Å²) in [6, 6.07) is 12.0. The van der Waals surface area contributed by atoms with Gasteiger partial charge in [0.15, 0.2) is 5.96 Å². The van der Waals surface area contributed by atoms with E-state index in [1.165, 1.54) is 36.0 Å². The third kappa shape index (κ3) is 6.18. The molecule has 4 nitrogen and oxygen atoms in total. The number of likely N-dealkylation sites (tertiary alicyclic amines) is 1. The molecule has 0 bridgehead atoms. The fourth-order valence-corrected chi connectivity index (χ4v) is 4.90. The summed E-state index contributed by atoms with van der Waals surface area (Å²) in [5.41, 5.74) is 4.33. The summed E-state index contributed by atoms with van der Waals surface area (Å²) in [4.78, 5) is 7.28. The Balaban J connectivity index is 0.00000240. The molecule has 158 valence electrons. The van der Waals surface area contributed by atoms with Gasteiger partial charge in [0.25, 0.3) is 0 Å². The van der Waals surface area contributed by atoms with Gasteiger partial charge in [0.1, 0.15) is 0 Å². The summed E-state index contributed by atoms with van der Waals surface area (Å²) in [5, 5.41) is 11.8.